The largest absolute Gasteiger partial charge is 0.482 e. The lowest BCUT2D eigenvalue weighted by molar-refractivity contribution is -0.118. The second-order valence-electron chi connectivity index (χ2n) is 6.74. The van der Waals surface area contributed by atoms with Crippen molar-refractivity contribution in [1.29, 1.82) is 0 Å². The second-order valence-corrected chi connectivity index (χ2v) is 6.74. The molecule has 122 valence electrons. The summed E-state index contributed by atoms with van der Waals surface area (Å²) >= 11 is 0. The van der Waals surface area contributed by atoms with Crippen LogP contribution in [-0.2, 0) is 4.79 Å². The molecule has 6 nitrogen and oxygen atoms in total. The number of anilines is 1. The van der Waals surface area contributed by atoms with E-state index >= 15 is 0 Å². The molecule has 6 heteroatoms. The number of carbonyl (C=O) groups is 2. The minimum Gasteiger partial charge on any atom is -0.482 e. The van der Waals surface area contributed by atoms with Crippen LogP contribution in [0, 0.1) is 5.92 Å². The molecular weight excluding hydrogens is 296 g/mol. The molecular formula is C17H20N2O4. The van der Waals surface area contributed by atoms with Gasteiger partial charge in [0.2, 0.25) is 0 Å². The van der Waals surface area contributed by atoms with Gasteiger partial charge in [0.25, 0.3) is 11.8 Å². The van der Waals surface area contributed by atoms with E-state index < -0.39 is 5.60 Å². The number of ether oxygens (including phenoxy) is 1. The van der Waals surface area contributed by atoms with Crippen LogP contribution >= 0.6 is 0 Å². The molecule has 2 fully saturated rings. The normalized spacial score (nSPS) is 25.2. The van der Waals surface area contributed by atoms with Crippen LogP contribution in [0.15, 0.2) is 18.2 Å². The molecule has 0 bridgehead atoms. The Kier molecular flexibility index (Phi) is 3.30. The highest BCUT2D eigenvalue weighted by molar-refractivity contribution is 5.99. The second kappa shape index (κ2) is 5.23. The summed E-state index contributed by atoms with van der Waals surface area (Å²) in [6.07, 6.45) is 3.62. The van der Waals surface area contributed by atoms with Crippen molar-refractivity contribution < 1.29 is 19.4 Å². The van der Waals surface area contributed by atoms with Crippen LogP contribution in [0.25, 0.3) is 0 Å². The van der Waals surface area contributed by atoms with Gasteiger partial charge in [-0.2, -0.15) is 0 Å². The number of carbonyl (C=O) groups excluding carboxylic acids is 2. The molecule has 0 spiro atoms. The standard InChI is InChI=1S/C17H20N2O4/c20-15-10-23-14-8-11(3-4-13(14)18-15)16(21)19-7-1-2-12(9-19)17(22)5-6-17/h3-4,8,12,22H,1-2,5-7,9-10H2,(H,18,20). The summed E-state index contributed by atoms with van der Waals surface area (Å²) in [6.45, 7) is 1.31. The third-order valence-corrected chi connectivity index (χ3v) is 5.09. The van der Waals surface area contributed by atoms with Gasteiger partial charge < -0.3 is 20.1 Å². The van der Waals surface area contributed by atoms with Crippen LogP contribution in [0.3, 0.4) is 0 Å². The SMILES string of the molecule is O=C1COc2cc(C(=O)N3CCCC(C4(O)CC4)C3)ccc2N1. The summed E-state index contributed by atoms with van der Waals surface area (Å²) in [4.78, 5) is 25.9. The predicted molar refractivity (Wildman–Crippen MR) is 83.4 cm³/mol. The van der Waals surface area contributed by atoms with E-state index in [1.807, 2.05) is 4.90 Å². The fraction of sp³-hybridized carbons (Fsp3) is 0.529. The molecule has 0 aromatic heterocycles. The van der Waals surface area contributed by atoms with Gasteiger partial charge in [-0.25, -0.2) is 0 Å². The number of nitrogens with one attached hydrogen (secondary N) is 1. The summed E-state index contributed by atoms with van der Waals surface area (Å²) in [6, 6.07) is 5.10. The Bertz CT molecular complexity index is 669. The maximum atomic E-state index is 12.7. The first-order valence-electron chi connectivity index (χ1n) is 8.13. The fourth-order valence-corrected chi connectivity index (χ4v) is 3.53. The van der Waals surface area contributed by atoms with Crippen molar-refractivity contribution in [3.63, 3.8) is 0 Å². The van der Waals surface area contributed by atoms with Gasteiger partial charge in [-0.1, -0.05) is 0 Å². The van der Waals surface area contributed by atoms with Crippen molar-refractivity contribution >= 4 is 17.5 Å². The van der Waals surface area contributed by atoms with E-state index in [-0.39, 0.29) is 24.3 Å². The monoisotopic (exact) mass is 316 g/mol. The van der Waals surface area contributed by atoms with Gasteiger partial charge in [-0.3, -0.25) is 9.59 Å². The lowest BCUT2D eigenvalue weighted by Gasteiger charge is -2.35. The van der Waals surface area contributed by atoms with Crippen molar-refractivity contribution in [2.45, 2.75) is 31.3 Å². The zero-order valence-electron chi connectivity index (χ0n) is 12.9. The Morgan fingerprint density at radius 1 is 1.39 bits per heavy atom. The average Bonchev–Trinajstić information content (AvgIpc) is 3.33. The molecule has 2 aliphatic heterocycles. The molecule has 1 saturated heterocycles. The molecule has 1 unspecified atom stereocenters. The first-order chi connectivity index (χ1) is 11.0. The highest BCUT2D eigenvalue weighted by Crippen LogP contribution is 2.45. The number of hydrogen-bond donors (Lipinski definition) is 2. The molecule has 2 N–H and O–H groups in total. The molecule has 1 atom stereocenters. The third kappa shape index (κ3) is 2.67. The summed E-state index contributed by atoms with van der Waals surface area (Å²) in [5, 5.41) is 13.0. The molecule has 4 rings (SSSR count). The molecule has 3 aliphatic rings. The Balaban J connectivity index is 1.51. The number of hydrogen-bond acceptors (Lipinski definition) is 4. The van der Waals surface area contributed by atoms with E-state index in [4.69, 9.17) is 4.74 Å². The van der Waals surface area contributed by atoms with E-state index in [1.165, 1.54) is 0 Å². The van der Waals surface area contributed by atoms with Crippen LogP contribution in [-0.4, -0.2) is 47.1 Å². The molecule has 1 saturated carbocycles. The van der Waals surface area contributed by atoms with Crippen LogP contribution < -0.4 is 10.1 Å². The number of fused-ring (bicyclic) bond motifs is 1. The van der Waals surface area contributed by atoms with E-state index in [9.17, 15) is 14.7 Å². The summed E-state index contributed by atoms with van der Waals surface area (Å²) in [5.74, 6) is 0.494. The first-order valence-corrected chi connectivity index (χ1v) is 8.13. The van der Waals surface area contributed by atoms with E-state index in [0.29, 0.717) is 23.5 Å². The molecule has 23 heavy (non-hydrogen) atoms. The maximum Gasteiger partial charge on any atom is 0.262 e. The lowest BCUT2D eigenvalue weighted by Crippen LogP contribution is -2.44. The number of nitrogens with zero attached hydrogens (tertiary/aromatic N) is 1. The molecule has 1 aromatic carbocycles. The maximum absolute atomic E-state index is 12.7. The van der Waals surface area contributed by atoms with Gasteiger partial charge in [-0.05, 0) is 43.9 Å². The lowest BCUT2D eigenvalue weighted by atomic mass is 9.90. The Labute approximate surface area is 134 Å². The third-order valence-electron chi connectivity index (χ3n) is 5.09. The number of benzene rings is 1. The highest BCUT2D eigenvalue weighted by atomic mass is 16.5. The van der Waals surface area contributed by atoms with Gasteiger partial charge in [0, 0.05) is 24.6 Å². The van der Waals surface area contributed by atoms with Crippen LogP contribution in [0.4, 0.5) is 5.69 Å². The van der Waals surface area contributed by atoms with Crippen LogP contribution in [0.1, 0.15) is 36.0 Å². The zero-order chi connectivity index (χ0) is 16.0. The Hall–Kier alpha value is -2.08. The Morgan fingerprint density at radius 2 is 2.22 bits per heavy atom. The summed E-state index contributed by atoms with van der Waals surface area (Å²) in [5.41, 5.74) is 0.618. The summed E-state index contributed by atoms with van der Waals surface area (Å²) in [7, 11) is 0. The smallest absolute Gasteiger partial charge is 0.262 e. The van der Waals surface area contributed by atoms with Crippen molar-refractivity contribution in [2.24, 2.45) is 5.92 Å². The van der Waals surface area contributed by atoms with Crippen molar-refractivity contribution in [3.05, 3.63) is 23.8 Å². The van der Waals surface area contributed by atoms with E-state index in [0.717, 1.165) is 32.2 Å². The highest BCUT2D eigenvalue weighted by Gasteiger charge is 2.49. The van der Waals surface area contributed by atoms with Gasteiger partial charge >= 0.3 is 0 Å². The van der Waals surface area contributed by atoms with Crippen LogP contribution in [0.2, 0.25) is 0 Å². The van der Waals surface area contributed by atoms with E-state index in [1.54, 1.807) is 18.2 Å². The molecule has 0 radical (unpaired) electrons. The van der Waals surface area contributed by atoms with Gasteiger partial charge in [0.15, 0.2) is 6.61 Å². The van der Waals surface area contributed by atoms with E-state index in [2.05, 4.69) is 5.32 Å². The number of amides is 2. The quantitative estimate of drug-likeness (QED) is 0.864. The fourth-order valence-electron chi connectivity index (χ4n) is 3.53. The van der Waals surface area contributed by atoms with Crippen molar-refractivity contribution in [1.82, 2.24) is 4.90 Å². The molecule has 1 aliphatic carbocycles. The van der Waals surface area contributed by atoms with Gasteiger partial charge in [-0.15, -0.1) is 0 Å². The zero-order valence-corrected chi connectivity index (χ0v) is 12.9. The summed E-state index contributed by atoms with van der Waals surface area (Å²) < 4.78 is 5.38. The first kappa shape index (κ1) is 14.5. The minimum absolute atomic E-state index is 0.0243. The average molecular weight is 316 g/mol. The predicted octanol–water partition coefficient (Wildman–Crippen LogP) is 1.39. The molecule has 2 heterocycles. The number of rotatable bonds is 2. The van der Waals surface area contributed by atoms with Gasteiger partial charge in [0.05, 0.1) is 11.3 Å². The minimum atomic E-state index is -0.539. The van der Waals surface area contributed by atoms with Crippen LogP contribution in [0.5, 0.6) is 5.75 Å². The molecule has 2 amide bonds. The topological polar surface area (TPSA) is 78.9 Å². The van der Waals surface area contributed by atoms with Crippen molar-refractivity contribution in [3.8, 4) is 5.75 Å². The van der Waals surface area contributed by atoms with Crippen molar-refractivity contribution in [2.75, 3.05) is 25.0 Å². The number of aliphatic hydroxyl groups is 1. The van der Waals surface area contributed by atoms with Gasteiger partial charge in [0.1, 0.15) is 5.75 Å². The Morgan fingerprint density at radius 3 is 3.00 bits per heavy atom. The number of likely N-dealkylation sites (tertiary alicyclic amines) is 1. The number of piperidine rings is 1. The molecule has 1 aromatic rings.